The molecule has 0 saturated carbocycles. The van der Waals surface area contributed by atoms with Crippen LogP contribution in [0.15, 0.2) is 85.2 Å². The maximum absolute atomic E-state index is 14.7. The van der Waals surface area contributed by atoms with E-state index in [1.54, 1.807) is 48.8 Å². The van der Waals surface area contributed by atoms with Crippen molar-refractivity contribution in [1.29, 1.82) is 0 Å². The molecule has 0 fully saturated rings. The third-order valence-corrected chi connectivity index (χ3v) is 5.93. The van der Waals surface area contributed by atoms with Gasteiger partial charge in [0, 0.05) is 18.0 Å². The Bertz CT molecular complexity index is 1230. The Morgan fingerprint density at radius 3 is 2.22 bits per heavy atom. The second-order valence-electron chi connectivity index (χ2n) is 7.15. The van der Waals surface area contributed by atoms with Crippen molar-refractivity contribution in [3.8, 4) is 22.3 Å². The molecule has 2 aromatic heterocycles. The highest BCUT2D eigenvalue weighted by Crippen LogP contribution is 2.32. The van der Waals surface area contributed by atoms with Gasteiger partial charge in [0.15, 0.2) is 5.13 Å². The second-order valence-corrected chi connectivity index (χ2v) is 8.15. The molecule has 0 aliphatic carbocycles. The summed E-state index contributed by atoms with van der Waals surface area (Å²) in [6.45, 7) is 0. The molecule has 0 radical (unpaired) electrons. The van der Waals surface area contributed by atoms with E-state index in [-0.39, 0.29) is 11.3 Å². The van der Waals surface area contributed by atoms with Crippen molar-refractivity contribution in [3.63, 3.8) is 0 Å². The van der Waals surface area contributed by atoms with Crippen molar-refractivity contribution in [1.82, 2.24) is 10.3 Å². The van der Waals surface area contributed by atoms with Gasteiger partial charge in [-0.2, -0.15) is 4.39 Å². The van der Waals surface area contributed by atoms with Crippen LogP contribution in [0.1, 0.15) is 27.7 Å². The molecule has 32 heavy (non-hydrogen) atoms. The molecule has 1 amide bonds. The number of carbonyl (C=O) groups excluding carboxylic acids is 1. The fourth-order valence-corrected chi connectivity index (χ4v) is 4.21. The molecule has 1 atom stereocenters. The van der Waals surface area contributed by atoms with Crippen molar-refractivity contribution in [2.24, 2.45) is 0 Å². The first-order valence-electron chi connectivity index (χ1n) is 9.89. The molecule has 4 aromatic rings. The normalized spacial score (nSPS) is 11.7. The Morgan fingerprint density at radius 2 is 1.56 bits per heavy atom. The minimum atomic E-state index is -1.04. The third-order valence-electron chi connectivity index (χ3n) is 5.01. The summed E-state index contributed by atoms with van der Waals surface area (Å²) in [5.41, 5.74) is 3.63. The summed E-state index contributed by atoms with van der Waals surface area (Å²) in [5, 5.41) is 11.5. The number of halogens is 1. The van der Waals surface area contributed by atoms with E-state index in [4.69, 9.17) is 0 Å². The maximum atomic E-state index is 14.7. The third kappa shape index (κ3) is 4.90. The summed E-state index contributed by atoms with van der Waals surface area (Å²) in [7, 11) is 0. The van der Waals surface area contributed by atoms with Crippen LogP contribution in [-0.2, 0) is 4.79 Å². The number of aliphatic carboxylic acids is 1. The van der Waals surface area contributed by atoms with Crippen molar-refractivity contribution >= 4 is 23.2 Å². The zero-order valence-electron chi connectivity index (χ0n) is 16.9. The first-order chi connectivity index (χ1) is 15.5. The van der Waals surface area contributed by atoms with E-state index in [1.807, 2.05) is 30.3 Å². The van der Waals surface area contributed by atoms with Gasteiger partial charge in [-0.15, -0.1) is 11.3 Å². The van der Waals surface area contributed by atoms with Crippen LogP contribution < -0.4 is 5.32 Å². The Kier molecular flexibility index (Phi) is 6.37. The zero-order valence-corrected chi connectivity index (χ0v) is 17.7. The average molecular weight is 447 g/mol. The van der Waals surface area contributed by atoms with E-state index in [2.05, 4.69) is 10.3 Å². The lowest BCUT2D eigenvalue weighted by atomic mass is 10.0. The smallest absolute Gasteiger partial charge is 0.305 e. The molecule has 0 spiro atoms. The molecule has 0 saturated heterocycles. The molecule has 0 unspecified atom stereocenters. The SMILES string of the molecule is O=C(O)C[C@@H](NC(=O)c1cc(-c2ccc(-c3ccncc3)cc2)c(F)s1)c1ccccc1. The molecule has 0 aliphatic rings. The minimum absolute atomic E-state index is 0.182. The number of benzene rings is 2. The largest absolute Gasteiger partial charge is 0.481 e. The van der Waals surface area contributed by atoms with Gasteiger partial charge in [0.1, 0.15) is 0 Å². The number of carboxylic acid groups (broad SMARTS) is 1. The predicted octanol–water partition coefficient (Wildman–Crippen LogP) is 5.56. The van der Waals surface area contributed by atoms with Gasteiger partial charge in [0.05, 0.1) is 17.3 Å². The van der Waals surface area contributed by atoms with Crippen LogP contribution in [0.3, 0.4) is 0 Å². The maximum Gasteiger partial charge on any atom is 0.305 e. The van der Waals surface area contributed by atoms with Crippen LogP contribution in [0.4, 0.5) is 4.39 Å². The van der Waals surface area contributed by atoms with Gasteiger partial charge < -0.3 is 10.4 Å². The molecule has 0 aliphatic heterocycles. The van der Waals surface area contributed by atoms with Gasteiger partial charge >= 0.3 is 5.97 Å². The lowest BCUT2D eigenvalue weighted by molar-refractivity contribution is -0.137. The predicted molar refractivity (Wildman–Crippen MR) is 122 cm³/mol. The Labute approximate surface area is 188 Å². The zero-order chi connectivity index (χ0) is 22.5. The van der Waals surface area contributed by atoms with Crippen LogP contribution in [0.5, 0.6) is 0 Å². The standard InChI is InChI=1S/C25H19FN2O3S/c26-24-20(18-8-6-16(7-9-18)17-10-12-27-13-11-17)14-22(32-24)25(31)28-21(15-23(29)30)19-4-2-1-3-5-19/h1-14,21H,15H2,(H,28,31)(H,29,30)/t21-/m1/s1. The summed E-state index contributed by atoms with van der Waals surface area (Å²) < 4.78 is 14.7. The van der Waals surface area contributed by atoms with Gasteiger partial charge in [0.2, 0.25) is 0 Å². The molecule has 7 heteroatoms. The number of carbonyl (C=O) groups is 2. The number of carboxylic acids is 1. The monoisotopic (exact) mass is 446 g/mol. The first kappa shape index (κ1) is 21.4. The van der Waals surface area contributed by atoms with Gasteiger partial charge in [-0.25, -0.2) is 0 Å². The van der Waals surface area contributed by atoms with E-state index < -0.39 is 23.0 Å². The van der Waals surface area contributed by atoms with E-state index in [0.29, 0.717) is 16.7 Å². The highest BCUT2D eigenvalue weighted by Gasteiger charge is 2.22. The minimum Gasteiger partial charge on any atom is -0.481 e. The number of pyridine rings is 1. The molecule has 5 nitrogen and oxygen atoms in total. The number of amides is 1. The topological polar surface area (TPSA) is 79.3 Å². The van der Waals surface area contributed by atoms with Crippen LogP contribution in [0, 0.1) is 5.13 Å². The Balaban J connectivity index is 1.55. The molecule has 2 heterocycles. The molecule has 0 bridgehead atoms. The second kappa shape index (κ2) is 9.53. The fourth-order valence-electron chi connectivity index (χ4n) is 3.41. The highest BCUT2D eigenvalue weighted by atomic mass is 32.1. The summed E-state index contributed by atoms with van der Waals surface area (Å²) in [5.74, 6) is -1.55. The number of nitrogens with zero attached hydrogens (tertiary/aromatic N) is 1. The van der Waals surface area contributed by atoms with Crippen molar-refractivity contribution in [2.45, 2.75) is 12.5 Å². The van der Waals surface area contributed by atoms with Gasteiger partial charge in [-0.1, -0.05) is 54.6 Å². The number of hydrogen-bond acceptors (Lipinski definition) is 4. The van der Waals surface area contributed by atoms with Crippen LogP contribution in [-0.4, -0.2) is 22.0 Å². The lowest BCUT2D eigenvalue weighted by Crippen LogP contribution is -2.29. The van der Waals surface area contributed by atoms with Crippen molar-refractivity contribution < 1.29 is 19.1 Å². The summed E-state index contributed by atoms with van der Waals surface area (Å²) in [6.07, 6.45) is 3.15. The fraction of sp³-hybridized carbons (Fsp3) is 0.0800. The van der Waals surface area contributed by atoms with Gasteiger partial charge in [0.25, 0.3) is 5.91 Å². The summed E-state index contributed by atoms with van der Waals surface area (Å²) in [4.78, 5) is 28.2. The number of aromatic nitrogens is 1. The Hall–Kier alpha value is -3.84. The quantitative estimate of drug-likeness (QED) is 0.389. The van der Waals surface area contributed by atoms with Crippen molar-refractivity contribution in [3.05, 3.63) is 101 Å². The van der Waals surface area contributed by atoms with Gasteiger partial charge in [-0.05, 0) is 40.5 Å². The van der Waals surface area contributed by atoms with E-state index in [1.165, 1.54) is 6.07 Å². The molecule has 4 rings (SSSR count). The number of nitrogens with one attached hydrogen (secondary N) is 1. The molecule has 160 valence electrons. The lowest BCUT2D eigenvalue weighted by Gasteiger charge is -2.16. The van der Waals surface area contributed by atoms with Crippen LogP contribution >= 0.6 is 11.3 Å². The van der Waals surface area contributed by atoms with E-state index >= 15 is 0 Å². The first-order valence-corrected chi connectivity index (χ1v) is 10.7. The number of rotatable bonds is 7. The Morgan fingerprint density at radius 1 is 0.938 bits per heavy atom. The molecular formula is C25H19FN2O3S. The van der Waals surface area contributed by atoms with Crippen molar-refractivity contribution in [2.75, 3.05) is 0 Å². The summed E-state index contributed by atoms with van der Waals surface area (Å²) in [6, 6.07) is 20.8. The number of hydrogen-bond donors (Lipinski definition) is 2. The molecular weight excluding hydrogens is 427 g/mol. The van der Waals surface area contributed by atoms with Crippen LogP contribution in [0.25, 0.3) is 22.3 Å². The van der Waals surface area contributed by atoms with Crippen LogP contribution in [0.2, 0.25) is 0 Å². The summed E-state index contributed by atoms with van der Waals surface area (Å²) >= 11 is 0.740. The average Bonchev–Trinajstić information content (AvgIpc) is 3.21. The molecule has 2 aromatic carbocycles. The number of thiophene rings is 1. The van der Waals surface area contributed by atoms with E-state index in [9.17, 15) is 19.1 Å². The highest BCUT2D eigenvalue weighted by molar-refractivity contribution is 7.12. The molecule has 2 N–H and O–H groups in total. The van der Waals surface area contributed by atoms with Gasteiger partial charge in [-0.3, -0.25) is 14.6 Å². The van der Waals surface area contributed by atoms with E-state index in [0.717, 1.165) is 22.5 Å².